The molecule has 0 aromatic heterocycles. The molecule has 0 aliphatic carbocycles. The maximum Gasteiger partial charge on any atom is 0.269 e. The van der Waals surface area contributed by atoms with E-state index in [1.54, 1.807) is 18.2 Å². The van der Waals surface area contributed by atoms with E-state index in [9.17, 15) is 19.7 Å². The number of benzene rings is 2. The van der Waals surface area contributed by atoms with Crippen molar-refractivity contribution in [3.63, 3.8) is 0 Å². The summed E-state index contributed by atoms with van der Waals surface area (Å²) >= 11 is 0. The first-order chi connectivity index (χ1) is 11.0. The molecule has 0 spiro atoms. The Morgan fingerprint density at radius 2 is 1.61 bits per heavy atom. The van der Waals surface area contributed by atoms with Crippen LogP contribution in [0.5, 0.6) is 5.75 Å². The molecule has 8 heteroatoms. The fourth-order valence-corrected chi connectivity index (χ4v) is 1.76. The minimum atomic E-state index is -0.587. The summed E-state index contributed by atoms with van der Waals surface area (Å²) in [6, 6.07) is 11.4. The van der Waals surface area contributed by atoms with Gasteiger partial charge in [0.05, 0.1) is 12.0 Å². The zero-order valence-electron chi connectivity index (χ0n) is 12.1. The maximum atomic E-state index is 11.9. The molecule has 0 bridgehead atoms. The van der Waals surface area contributed by atoms with Crippen molar-refractivity contribution in [3.05, 3.63) is 69.8 Å². The highest BCUT2D eigenvalue weighted by Gasteiger charge is 2.11. The van der Waals surface area contributed by atoms with Crippen LogP contribution >= 0.6 is 0 Å². The average Bonchev–Trinajstić information content (AvgIpc) is 2.59. The summed E-state index contributed by atoms with van der Waals surface area (Å²) < 4.78 is 5.01. The van der Waals surface area contributed by atoms with Crippen LogP contribution in [-0.4, -0.2) is 23.8 Å². The Kier molecular flexibility index (Phi) is 4.88. The van der Waals surface area contributed by atoms with Gasteiger partial charge in [0.2, 0.25) is 0 Å². The highest BCUT2D eigenvalue weighted by Crippen LogP contribution is 2.13. The van der Waals surface area contributed by atoms with Gasteiger partial charge in [0.1, 0.15) is 5.75 Å². The summed E-state index contributed by atoms with van der Waals surface area (Å²) in [5.74, 6) is -0.588. The van der Waals surface area contributed by atoms with Gasteiger partial charge in [-0.1, -0.05) is 6.07 Å². The fourth-order valence-electron chi connectivity index (χ4n) is 1.76. The number of nitro groups is 1. The summed E-state index contributed by atoms with van der Waals surface area (Å²) in [7, 11) is 1.48. The number of rotatable bonds is 4. The van der Waals surface area contributed by atoms with Crippen molar-refractivity contribution in [3.8, 4) is 5.75 Å². The summed E-state index contributed by atoms with van der Waals surface area (Å²) in [5, 5.41) is 10.5. The second-order valence-corrected chi connectivity index (χ2v) is 4.44. The lowest BCUT2D eigenvalue weighted by Crippen LogP contribution is -2.41. The standard InChI is InChI=1S/C15H13N3O5/c1-23-13-4-2-3-11(9-13)15(20)17-16-14(19)10-5-7-12(8-6-10)18(21)22/h2-9H,1H3,(H,16,19)(H,17,20). The smallest absolute Gasteiger partial charge is 0.269 e. The van der Waals surface area contributed by atoms with Crippen molar-refractivity contribution in [2.45, 2.75) is 0 Å². The Hall–Kier alpha value is -3.42. The van der Waals surface area contributed by atoms with Crippen molar-refractivity contribution < 1.29 is 19.2 Å². The molecule has 0 heterocycles. The third kappa shape index (κ3) is 4.03. The van der Waals surface area contributed by atoms with E-state index in [1.165, 1.54) is 37.4 Å². The molecule has 8 nitrogen and oxygen atoms in total. The number of ether oxygens (including phenoxy) is 1. The van der Waals surface area contributed by atoms with Gasteiger partial charge in [-0.05, 0) is 30.3 Å². The number of amides is 2. The molecular formula is C15H13N3O5. The van der Waals surface area contributed by atoms with Crippen LogP contribution in [0.2, 0.25) is 0 Å². The quantitative estimate of drug-likeness (QED) is 0.658. The monoisotopic (exact) mass is 315 g/mol. The number of nitrogens with zero attached hydrogens (tertiary/aromatic N) is 1. The van der Waals surface area contributed by atoms with Crippen LogP contribution in [0.4, 0.5) is 5.69 Å². The van der Waals surface area contributed by atoms with E-state index in [-0.39, 0.29) is 11.3 Å². The van der Waals surface area contributed by atoms with Gasteiger partial charge in [0.25, 0.3) is 17.5 Å². The first-order valence-electron chi connectivity index (χ1n) is 6.50. The van der Waals surface area contributed by atoms with E-state index < -0.39 is 16.7 Å². The highest BCUT2D eigenvalue weighted by atomic mass is 16.6. The topological polar surface area (TPSA) is 111 Å². The van der Waals surface area contributed by atoms with Gasteiger partial charge < -0.3 is 4.74 Å². The number of methoxy groups -OCH3 is 1. The Balaban J connectivity index is 1.97. The van der Waals surface area contributed by atoms with Crippen LogP contribution in [0.25, 0.3) is 0 Å². The van der Waals surface area contributed by atoms with Gasteiger partial charge in [0, 0.05) is 23.3 Å². The molecule has 0 fully saturated rings. The van der Waals surface area contributed by atoms with Crippen molar-refractivity contribution in [2.75, 3.05) is 7.11 Å². The lowest BCUT2D eigenvalue weighted by Gasteiger charge is -2.08. The molecular weight excluding hydrogens is 302 g/mol. The van der Waals surface area contributed by atoms with Crippen molar-refractivity contribution in [1.82, 2.24) is 10.9 Å². The van der Waals surface area contributed by atoms with Gasteiger partial charge in [-0.15, -0.1) is 0 Å². The fraction of sp³-hybridized carbons (Fsp3) is 0.0667. The molecule has 0 atom stereocenters. The molecule has 118 valence electrons. The zero-order valence-corrected chi connectivity index (χ0v) is 12.1. The predicted octanol–water partition coefficient (Wildman–Crippen LogP) is 1.68. The molecule has 0 aliphatic heterocycles. The van der Waals surface area contributed by atoms with E-state index in [0.29, 0.717) is 11.3 Å². The normalized spacial score (nSPS) is 9.78. The van der Waals surface area contributed by atoms with Gasteiger partial charge in [-0.25, -0.2) is 0 Å². The minimum absolute atomic E-state index is 0.123. The van der Waals surface area contributed by atoms with Gasteiger partial charge in [-0.3, -0.25) is 30.6 Å². The molecule has 23 heavy (non-hydrogen) atoms. The summed E-state index contributed by atoms with van der Waals surface area (Å²) in [4.78, 5) is 33.8. The molecule has 0 saturated heterocycles. The van der Waals surface area contributed by atoms with Gasteiger partial charge in [-0.2, -0.15) is 0 Å². The molecule has 0 saturated carbocycles. The summed E-state index contributed by atoms with van der Waals surface area (Å²) in [6.07, 6.45) is 0. The van der Waals surface area contributed by atoms with Gasteiger partial charge >= 0.3 is 0 Å². The minimum Gasteiger partial charge on any atom is -0.497 e. The van der Waals surface area contributed by atoms with Crippen LogP contribution < -0.4 is 15.6 Å². The highest BCUT2D eigenvalue weighted by molar-refractivity contribution is 5.99. The number of hydrogen-bond acceptors (Lipinski definition) is 5. The van der Waals surface area contributed by atoms with E-state index >= 15 is 0 Å². The molecule has 2 aromatic carbocycles. The number of carbonyl (C=O) groups is 2. The van der Waals surface area contributed by atoms with Crippen LogP contribution in [-0.2, 0) is 0 Å². The number of non-ortho nitro benzene ring substituents is 1. The molecule has 0 unspecified atom stereocenters. The van der Waals surface area contributed by atoms with E-state index in [4.69, 9.17) is 4.74 Å². The lowest BCUT2D eigenvalue weighted by atomic mass is 10.2. The SMILES string of the molecule is COc1cccc(C(=O)NNC(=O)c2ccc([N+](=O)[O-])cc2)c1. The average molecular weight is 315 g/mol. The Morgan fingerprint density at radius 3 is 2.17 bits per heavy atom. The molecule has 2 rings (SSSR count). The third-order valence-corrected chi connectivity index (χ3v) is 2.96. The largest absolute Gasteiger partial charge is 0.497 e. The molecule has 0 aliphatic rings. The molecule has 2 aromatic rings. The Labute approximate surface area is 131 Å². The number of hydrazine groups is 1. The van der Waals surface area contributed by atoms with Crippen LogP contribution in [0.3, 0.4) is 0 Å². The third-order valence-electron chi connectivity index (χ3n) is 2.96. The summed E-state index contributed by atoms with van der Waals surface area (Å²) in [6.45, 7) is 0. The first-order valence-corrected chi connectivity index (χ1v) is 6.50. The molecule has 2 N–H and O–H groups in total. The number of hydrogen-bond donors (Lipinski definition) is 2. The van der Waals surface area contributed by atoms with Crippen molar-refractivity contribution >= 4 is 17.5 Å². The van der Waals surface area contributed by atoms with Crippen LogP contribution in [0, 0.1) is 10.1 Å². The number of carbonyl (C=O) groups excluding carboxylic acids is 2. The van der Waals surface area contributed by atoms with Crippen LogP contribution in [0.15, 0.2) is 48.5 Å². The van der Waals surface area contributed by atoms with E-state index in [1.807, 2.05) is 0 Å². The molecule has 2 amide bonds. The number of nitrogens with one attached hydrogen (secondary N) is 2. The maximum absolute atomic E-state index is 11.9. The zero-order chi connectivity index (χ0) is 16.8. The van der Waals surface area contributed by atoms with E-state index in [0.717, 1.165) is 0 Å². The Bertz CT molecular complexity index is 743. The number of nitro benzene ring substituents is 1. The predicted molar refractivity (Wildman–Crippen MR) is 81.0 cm³/mol. The molecule has 0 radical (unpaired) electrons. The second-order valence-electron chi connectivity index (χ2n) is 4.44. The van der Waals surface area contributed by atoms with E-state index in [2.05, 4.69) is 10.9 Å². The first kappa shape index (κ1) is 16.0. The lowest BCUT2D eigenvalue weighted by molar-refractivity contribution is -0.384. The van der Waals surface area contributed by atoms with Gasteiger partial charge in [0.15, 0.2) is 0 Å². The Morgan fingerprint density at radius 1 is 1.00 bits per heavy atom. The van der Waals surface area contributed by atoms with Crippen molar-refractivity contribution in [2.24, 2.45) is 0 Å². The summed E-state index contributed by atoms with van der Waals surface area (Å²) in [5.41, 5.74) is 4.86. The van der Waals surface area contributed by atoms with Crippen LogP contribution in [0.1, 0.15) is 20.7 Å². The second kappa shape index (κ2) is 7.03. The van der Waals surface area contributed by atoms with Crippen molar-refractivity contribution in [1.29, 1.82) is 0 Å².